The quantitative estimate of drug-likeness (QED) is 0.152. The molecule has 5 fully saturated rings. The summed E-state index contributed by atoms with van der Waals surface area (Å²) >= 11 is 0. The molecule has 0 aromatic rings. The summed E-state index contributed by atoms with van der Waals surface area (Å²) in [5.41, 5.74) is 5.68. The summed E-state index contributed by atoms with van der Waals surface area (Å²) in [7, 11) is 0. The molecule has 9 nitrogen and oxygen atoms in total. The lowest BCUT2D eigenvalue weighted by molar-refractivity contribution is -0.207. The highest BCUT2D eigenvalue weighted by Crippen LogP contribution is 2.68. The molecule has 1 heterocycles. The summed E-state index contributed by atoms with van der Waals surface area (Å²) in [6.45, 7) is 8.93. The Labute approximate surface area is 251 Å². The first-order chi connectivity index (χ1) is 19.8. The maximum absolute atomic E-state index is 13.1. The number of carbonyl (C=O) groups excluding carboxylic acids is 2. The van der Waals surface area contributed by atoms with Crippen molar-refractivity contribution in [2.45, 2.75) is 128 Å². The lowest BCUT2D eigenvalue weighted by Gasteiger charge is -2.63. The maximum Gasteiger partial charge on any atom is 0.243 e. The van der Waals surface area contributed by atoms with Crippen molar-refractivity contribution >= 4 is 11.8 Å². The van der Waals surface area contributed by atoms with E-state index in [1.807, 2.05) is 6.92 Å². The predicted octanol–water partition coefficient (Wildman–Crippen LogP) is 2.20. The number of nitrogens with one attached hydrogen (secondary N) is 4. The number of carbonyl (C=O) groups is 2. The van der Waals surface area contributed by atoms with E-state index < -0.39 is 18.2 Å². The van der Waals surface area contributed by atoms with Gasteiger partial charge in [0.05, 0.1) is 30.5 Å². The van der Waals surface area contributed by atoms with Crippen molar-refractivity contribution in [3.8, 4) is 12.3 Å². The SMILES string of the molecule is C#CCNC(=O)C(CCC1(C)NN1)NC(=O)CCC(C)C1CCC2C3C(O)CC4CC(O)CCC4(C)C3CC(O)C12C. The van der Waals surface area contributed by atoms with Gasteiger partial charge in [0, 0.05) is 6.42 Å². The molecule has 1 aliphatic heterocycles. The molecule has 7 N–H and O–H groups in total. The molecule has 42 heavy (non-hydrogen) atoms. The molecule has 4 saturated carbocycles. The van der Waals surface area contributed by atoms with Crippen molar-refractivity contribution in [2.75, 3.05) is 6.54 Å². The first kappa shape index (κ1) is 31.7. The van der Waals surface area contributed by atoms with Gasteiger partial charge in [-0.2, -0.15) is 0 Å². The third-order valence-electron chi connectivity index (χ3n) is 12.8. The van der Waals surface area contributed by atoms with E-state index in [0.29, 0.717) is 38.0 Å². The zero-order valence-corrected chi connectivity index (χ0v) is 26.0. The normalized spacial score (nSPS) is 43.1. The number of fused-ring (bicyclic) bond motifs is 5. The van der Waals surface area contributed by atoms with E-state index in [0.717, 1.165) is 38.5 Å². The molecule has 12 atom stereocenters. The van der Waals surface area contributed by atoms with Crippen molar-refractivity contribution in [2.24, 2.45) is 46.3 Å². The van der Waals surface area contributed by atoms with E-state index in [1.165, 1.54) is 0 Å². The largest absolute Gasteiger partial charge is 0.393 e. The van der Waals surface area contributed by atoms with Gasteiger partial charge in [-0.3, -0.25) is 9.59 Å². The van der Waals surface area contributed by atoms with Crippen molar-refractivity contribution in [3.05, 3.63) is 0 Å². The second-order valence-electron chi connectivity index (χ2n) is 15.2. The maximum atomic E-state index is 13.1. The molecule has 1 saturated heterocycles. The molecule has 0 radical (unpaired) electrons. The standard InChI is InChI=1S/C33H54N4O5/c1-6-15-34-30(42)25(12-14-32(4)36-37-32)35-28(41)10-7-19(2)22-8-9-23-29-24(18-27(40)33(22,23)5)31(3)13-11-21(38)16-20(31)17-26(29)39/h1,19-27,29,36-40H,7-18H2,2-5H3,(H,34,42)(H,35,41). The van der Waals surface area contributed by atoms with E-state index in [9.17, 15) is 24.9 Å². The smallest absolute Gasteiger partial charge is 0.243 e. The summed E-state index contributed by atoms with van der Waals surface area (Å²) in [5.74, 6) is 3.49. The van der Waals surface area contributed by atoms with Gasteiger partial charge < -0.3 is 26.0 Å². The monoisotopic (exact) mass is 586 g/mol. The highest BCUT2D eigenvalue weighted by atomic mass is 16.3. The van der Waals surface area contributed by atoms with E-state index in [2.05, 4.69) is 48.2 Å². The minimum Gasteiger partial charge on any atom is -0.393 e. The predicted molar refractivity (Wildman–Crippen MR) is 160 cm³/mol. The summed E-state index contributed by atoms with van der Waals surface area (Å²) < 4.78 is 0. The van der Waals surface area contributed by atoms with Gasteiger partial charge in [0.15, 0.2) is 0 Å². The molecule has 0 aromatic heterocycles. The molecule has 0 bridgehead atoms. The Morgan fingerprint density at radius 1 is 1.02 bits per heavy atom. The fourth-order valence-electron chi connectivity index (χ4n) is 10.2. The van der Waals surface area contributed by atoms with Crippen LogP contribution in [-0.4, -0.2) is 63.7 Å². The average molecular weight is 587 g/mol. The highest BCUT2D eigenvalue weighted by Gasteiger charge is 2.65. The van der Waals surface area contributed by atoms with Crippen LogP contribution < -0.4 is 21.5 Å². The molecule has 5 rings (SSSR count). The summed E-state index contributed by atoms with van der Waals surface area (Å²) in [5, 5.41) is 39.3. The van der Waals surface area contributed by atoms with Crippen LogP contribution in [0.2, 0.25) is 0 Å². The second kappa shape index (κ2) is 12.0. The molecule has 0 aromatic carbocycles. The van der Waals surface area contributed by atoms with Gasteiger partial charge in [0.25, 0.3) is 0 Å². The molecule has 5 aliphatic rings. The van der Waals surface area contributed by atoms with Gasteiger partial charge in [0.2, 0.25) is 11.8 Å². The van der Waals surface area contributed by atoms with E-state index in [4.69, 9.17) is 6.42 Å². The van der Waals surface area contributed by atoms with Gasteiger partial charge in [-0.15, -0.1) is 6.42 Å². The first-order valence-electron chi connectivity index (χ1n) is 16.4. The van der Waals surface area contributed by atoms with E-state index in [-0.39, 0.29) is 70.5 Å². The Kier molecular flexibility index (Phi) is 9.06. The molecule has 2 amide bonds. The number of aliphatic hydroxyl groups is 3. The van der Waals surface area contributed by atoms with Gasteiger partial charge in [-0.25, -0.2) is 10.9 Å². The van der Waals surface area contributed by atoms with Crippen LogP contribution in [0, 0.1) is 58.7 Å². The van der Waals surface area contributed by atoms with Gasteiger partial charge in [0.1, 0.15) is 6.04 Å². The third-order valence-corrected chi connectivity index (χ3v) is 12.8. The van der Waals surface area contributed by atoms with Crippen LogP contribution >= 0.6 is 0 Å². The highest BCUT2D eigenvalue weighted by molar-refractivity contribution is 5.87. The molecule has 0 spiro atoms. The van der Waals surface area contributed by atoms with E-state index >= 15 is 0 Å². The van der Waals surface area contributed by atoms with Crippen molar-refractivity contribution in [1.82, 2.24) is 21.5 Å². The topological polar surface area (TPSA) is 163 Å². The fraction of sp³-hybridized carbons (Fsp3) is 0.879. The molecular weight excluding hydrogens is 532 g/mol. The molecule has 9 heteroatoms. The van der Waals surface area contributed by atoms with Gasteiger partial charge in [-0.05, 0) is 117 Å². The minimum atomic E-state index is -0.647. The van der Waals surface area contributed by atoms with E-state index in [1.54, 1.807) is 0 Å². The summed E-state index contributed by atoms with van der Waals surface area (Å²) in [4.78, 5) is 25.8. The molecule has 236 valence electrons. The van der Waals surface area contributed by atoms with Crippen LogP contribution in [0.25, 0.3) is 0 Å². The molecule has 4 aliphatic carbocycles. The van der Waals surface area contributed by atoms with Gasteiger partial charge >= 0.3 is 0 Å². The molecule has 12 unspecified atom stereocenters. The van der Waals surface area contributed by atoms with Gasteiger partial charge in [-0.1, -0.05) is 26.7 Å². The summed E-state index contributed by atoms with van der Waals surface area (Å²) in [6, 6.07) is -0.647. The summed E-state index contributed by atoms with van der Waals surface area (Å²) in [6.07, 6.45) is 12.3. The number of terminal acetylenes is 1. The zero-order valence-electron chi connectivity index (χ0n) is 26.0. The number of amides is 2. The number of hydrazine groups is 1. The Morgan fingerprint density at radius 3 is 2.45 bits per heavy atom. The van der Waals surface area contributed by atoms with Crippen LogP contribution in [0.5, 0.6) is 0 Å². The van der Waals surface area contributed by atoms with Crippen LogP contribution in [0.1, 0.15) is 98.3 Å². The lowest BCUT2D eigenvalue weighted by Crippen LogP contribution is -2.62. The first-order valence-corrected chi connectivity index (χ1v) is 16.4. The fourth-order valence-corrected chi connectivity index (χ4v) is 10.2. The van der Waals surface area contributed by atoms with Crippen LogP contribution in [0.15, 0.2) is 0 Å². The molecular formula is C33H54N4O5. The third kappa shape index (κ3) is 5.87. The number of hydrogen-bond acceptors (Lipinski definition) is 7. The van der Waals surface area contributed by atoms with Crippen molar-refractivity contribution in [1.29, 1.82) is 0 Å². The number of aliphatic hydroxyl groups excluding tert-OH is 3. The van der Waals surface area contributed by atoms with Crippen LogP contribution in [0.3, 0.4) is 0 Å². The Morgan fingerprint density at radius 2 is 1.76 bits per heavy atom. The van der Waals surface area contributed by atoms with Crippen molar-refractivity contribution in [3.63, 3.8) is 0 Å². The van der Waals surface area contributed by atoms with Crippen molar-refractivity contribution < 1.29 is 24.9 Å². The zero-order chi connectivity index (χ0) is 30.4. The van der Waals surface area contributed by atoms with Crippen LogP contribution in [-0.2, 0) is 9.59 Å². The number of hydrogen-bond donors (Lipinski definition) is 7. The minimum absolute atomic E-state index is 0.0549. The Balaban J connectivity index is 1.21. The number of rotatable bonds is 10. The Bertz CT molecular complexity index is 1060. The lowest BCUT2D eigenvalue weighted by atomic mass is 9.43. The van der Waals surface area contributed by atoms with Crippen LogP contribution in [0.4, 0.5) is 0 Å². The second-order valence-corrected chi connectivity index (χ2v) is 15.2. The Hall–Kier alpha value is -1.70. The average Bonchev–Trinajstić information content (AvgIpc) is 3.57.